The zero-order valence-electron chi connectivity index (χ0n) is 7.57. The molecule has 1 atom stereocenters. The van der Waals surface area contributed by atoms with Crippen LogP contribution in [0.5, 0.6) is 0 Å². The minimum Gasteiger partial charge on any atom is -0.316 e. The van der Waals surface area contributed by atoms with Crippen LogP contribution in [0.25, 0.3) is 0 Å². The summed E-state index contributed by atoms with van der Waals surface area (Å²) in [6, 6.07) is 6.16. The molecule has 0 radical (unpaired) electrons. The molecule has 0 aromatic carbocycles. The van der Waals surface area contributed by atoms with Gasteiger partial charge in [0.25, 0.3) is 0 Å². The Kier molecular flexibility index (Phi) is 4.19. The van der Waals surface area contributed by atoms with Gasteiger partial charge in [0.2, 0.25) is 0 Å². The van der Waals surface area contributed by atoms with E-state index in [-0.39, 0.29) is 12.4 Å². The fourth-order valence-electron chi connectivity index (χ4n) is 1.72. The van der Waals surface area contributed by atoms with Crippen LogP contribution in [-0.4, -0.2) is 18.1 Å². The number of hydrogen-bond donors (Lipinski definition) is 1. The second-order valence-electron chi connectivity index (χ2n) is 3.30. The molecule has 1 saturated heterocycles. The average Bonchev–Trinajstić information content (AvgIpc) is 2.21. The molecule has 1 fully saturated rings. The molecular weight excluding hydrogens is 184 g/mol. The topological polar surface area (TPSA) is 24.9 Å². The van der Waals surface area contributed by atoms with Crippen LogP contribution in [0.15, 0.2) is 24.4 Å². The zero-order chi connectivity index (χ0) is 8.23. The van der Waals surface area contributed by atoms with E-state index in [9.17, 15) is 0 Å². The number of aromatic nitrogens is 1. The van der Waals surface area contributed by atoms with Crippen LogP contribution >= 0.6 is 12.4 Å². The third-order valence-electron chi connectivity index (χ3n) is 2.40. The minimum absolute atomic E-state index is 0. The molecule has 0 saturated carbocycles. The van der Waals surface area contributed by atoms with E-state index >= 15 is 0 Å². The van der Waals surface area contributed by atoms with Crippen molar-refractivity contribution in [3.8, 4) is 0 Å². The number of rotatable bonds is 1. The van der Waals surface area contributed by atoms with E-state index in [4.69, 9.17) is 0 Å². The van der Waals surface area contributed by atoms with Crippen LogP contribution in [0.4, 0.5) is 0 Å². The molecule has 0 aliphatic carbocycles. The number of halogens is 1. The molecule has 1 aromatic rings. The third-order valence-corrected chi connectivity index (χ3v) is 2.40. The molecule has 2 nitrogen and oxygen atoms in total. The first kappa shape index (κ1) is 10.5. The second kappa shape index (κ2) is 5.20. The monoisotopic (exact) mass is 198 g/mol. The Morgan fingerprint density at radius 3 is 2.92 bits per heavy atom. The van der Waals surface area contributed by atoms with Crippen molar-refractivity contribution in [1.82, 2.24) is 10.3 Å². The van der Waals surface area contributed by atoms with Gasteiger partial charge in [-0.15, -0.1) is 12.4 Å². The maximum atomic E-state index is 4.36. The molecule has 0 spiro atoms. The molecular formula is C10H15ClN2. The summed E-state index contributed by atoms with van der Waals surface area (Å²) >= 11 is 0. The van der Waals surface area contributed by atoms with Crippen molar-refractivity contribution in [2.45, 2.75) is 18.8 Å². The Balaban J connectivity index is 0.000000845. The van der Waals surface area contributed by atoms with E-state index in [2.05, 4.69) is 22.4 Å². The SMILES string of the molecule is Cl.c1ccc([C@H]2CCCNC2)nc1. The minimum atomic E-state index is 0. The summed E-state index contributed by atoms with van der Waals surface area (Å²) in [6.07, 6.45) is 4.44. The number of nitrogens with one attached hydrogen (secondary N) is 1. The van der Waals surface area contributed by atoms with Gasteiger partial charge < -0.3 is 5.32 Å². The van der Waals surface area contributed by atoms with Gasteiger partial charge in [-0.1, -0.05) is 6.07 Å². The highest BCUT2D eigenvalue weighted by Gasteiger charge is 2.14. The van der Waals surface area contributed by atoms with Gasteiger partial charge in [0, 0.05) is 24.4 Å². The van der Waals surface area contributed by atoms with Crippen molar-refractivity contribution >= 4 is 12.4 Å². The molecule has 0 unspecified atom stereocenters. The van der Waals surface area contributed by atoms with Gasteiger partial charge in [0.05, 0.1) is 0 Å². The Morgan fingerprint density at radius 1 is 1.38 bits per heavy atom. The second-order valence-corrected chi connectivity index (χ2v) is 3.30. The molecule has 1 aliphatic rings. The molecule has 72 valence electrons. The normalized spacial score (nSPS) is 22.0. The fourth-order valence-corrected chi connectivity index (χ4v) is 1.72. The molecule has 2 rings (SSSR count). The number of pyridine rings is 1. The van der Waals surface area contributed by atoms with E-state index < -0.39 is 0 Å². The molecule has 0 bridgehead atoms. The van der Waals surface area contributed by atoms with Crippen molar-refractivity contribution in [2.75, 3.05) is 13.1 Å². The molecule has 3 heteroatoms. The van der Waals surface area contributed by atoms with Gasteiger partial charge >= 0.3 is 0 Å². The first-order valence-corrected chi connectivity index (χ1v) is 4.58. The number of nitrogens with zero attached hydrogens (tertiary/aromatic N) is 1. The number of piperidine rings is 1. The van der Waals surface area contributed by atoms with Gasteiger partial charge in [-0.3, -0.25) is 4.98 Å². The Hall–Kier alpha value is -0.600. The zero-order valence-corrected chi connectivity index (χ0v) is 8.39. The molecule has 13 heavy (non-hydrogen) atoms. The van der Waals surface area contributed by atoms with Crippen LogP contribution in [-0.2, 0) is 0 Å². The van der Waals surface area contributed by atoms with Crippen molar-refractivity contribution in [2.24, 2.45) is 0 Å². The Bertz CT molecular complexity index is 232. The summed E-state index contributed by atoms with van der Waals surface area (Å²) in [5, 5.41) is 3.39. The maximum absolute atomic E-state index is 4.36. The highest BCUT2D eigenvalue weighted by Crippen LogP contribution is 2.20. The molecule has 1 aliphatic heterocycles. The molecule has 0 amide bonds. The lowest BCUT2D eigenvalue weighted by Gasteiger charge is -2.21. The van der Waals surface area contributed by atoms with E-state index in [1.54, 1.807) is 0 Å². The lowest BCUT2D eigenvalue weighted by atomic mass is 9.96. The fraction of sp³-hybridized carbons (Fsp3) is 0.500. The quantitative estimate of drug-likeness (QED) is 0.747. The van der Waals surface area contributed by atoms with Crippen molar-refractivity contribution in [3.05, 3.63) is 30.1 Å². The van der Waals surface area contributed by atoms with Crippen LogP contribution in [0.1, 0.15) is 24.5 Å². The Morgan fingerprint density at radius 2 is 2.31 bits per heavy atom. The van der Waals surface area contributed by atoms with Crippen LogP contribution in [0.3, 0.4) is 0 Å². The highest BCUT2D eigenvalue weighted by molar-refractivity contribution is 5.85. The van der Waals surface area contributed by atoms with Crippen LogP contribution < -0.4 is 5.32 Å². The summed E-state index contributed by atoms with van der Waals surface area (Å²) < 4.78 is 0. The smallest absolute Gasteiger partial charge is 0.0447 e. The summed E-state index contributed by atoms with van der Waals surface area (Å²) in [5.74, 6) is 0.639. The maximum Gasteiger partial charge on any atom is 0.0447 e. The van der Waals surface area contributed by atoms with Crippen LogP contribution in [0, 0.1) is 0 Å². The molecule has 2 heterocycles. The lowest BCUT2D eigenvalue weighted by Crippen LogP contribution is -2.28. The molecule has 1 N–H and O–H groups in total. The lowest BCUT2D eigenvalue weighted by molar-refractivity contribution is 0.455. The van der Waals surface area contributed by atoms with Gasteiger partial charge in [-0.25, -0.2) is 0 Å². The van der Waals surface area contributed by atoms with E-state index in [1.165, 1.54) is 25.1 Å². The Labute approximate surface area is 85.2 Å². The number of hydrogen-bond acceptors (Lipinski definition) is 2. The van der Waals surface area contributed by atoms with E-state index in [0.29, 0.717) is 5.92 Å². The van der Waals surface area contributed by atoms with E-state index in [1.807, 2.05) is 12.3 Å². The predicted molar refractivity (Wildman–Crippen MR) is 56.3 cm³/mol. The molecule has 1 aromatic heterocycles. The van der Waals surface area contributed by atoms with Crippen molar-refractivity contribution < 1.29 is 0 Å². The van der Waals surface area contributed by atoms with Crippen molar-refractivity contribution in [1.29, 1.82) is 0 Å². The largest absolute Gasteiger partial charge is 0.316 e. The predicted octanol–water partition coefficient (Wildman–Crippen LogP) is 1.97. The van der Waals surface area contributed by atoms with Gasteiger partial charge in [-0.2, -0.15) is 0 Å². The average molecular weight is 199 g/mol. The summed E-state index contributed by atoms with van der Waals surface area (Å²) in [4.78, 5) is 4.36. The summed E-state index contributed by atoms with van der Waals surface area (Å²) in [7, 11) is 0. The summed E-state index contributed by atoms with van der Waals surface area (Å²) in [5.41, 5.74) is 1.24. The standard InChI is InChI=1S/C10H14N2.ClH/c1-2-7-12-10(5-1)9-4-3-6-11-8-9;/h1-2,5,7,9,11H,3-4,6,8H2;1H/t9-;/m0./s1. The van der Waals surface area contributed by atoms with E-state index in [0.717, 1.165) is 6.54 Å². The van der Waals surface area contributed by atoms with Crippen molar-refractivity contribution in [3.63, 3.8) is 0 Å². The summed E-state index contributed by atoms with van der Waals surface area (Å²) in [6.45, 7) is 2.26. The first-order valence-electron chi connectivity index (χ1n) is 4.58. The van der Waals surface area contributed by atoms with Crippen LogP contribution in [0.2, 0.25) is 0 Å². The highest BCUT2D eigenvalue weighted by atomic mass is 35.5. The first-order chi connectivity index (χ1) is 5.97. The van der Waals surface area contributed by atoms with Gasteiger partial charge in [0.1, 0.15) is 0 Å². The third kappa shape index (κ3) is 2.68. The van der Waals surface area contributed by atoms with Gasteiger partial charge in [-0.05, 0) is 31.5 Å². The van der Waals surface area contributed by atoms with Gasteiger partial charge in [0.15, 0.2) is 0 Å².